The van der Waals surface area contributed by atoms with Crippen LogP contribution < -0.4 is 0 Å². The highest BCUT2D eigenvalue weighted by Gasteiger charge is 2.33. The van der Waals surface area contributed by atoms with Gasteiger partial charge in [-0.25, -0.2) is 9.97 Å². The maximum absolute atomic E-state index is 12.6. The van der Waals surface area contributed by atoms with Crippen molar-refractivity contribution in [3.05, 3.63) is 46.3 Å². The molecule has 0 spiro atoms. The normalized spacial score (nSPS) is 11.6. The Morgan fingerprint density at radius 1 is 1.00 bits per heavy atom. The fourth-order valence-electron chi connectivity index (χ4n) is 1.36. The highest BCUT2D eigenvalue weighted by molar-refractivity contribution is 6.30. The van der Waals surface area contributed by atoms with Crippen LogP contribution in [0.2, 0.25) is 10.3 Å². The molecule has 1 heterocycles. The molecule has 18 heavy (non-hydrogen) atoms. The first kappa shape index (κ1) is 13.1. The average Bonchev–Trinajstić information content (AvgIpc) is 2.27. The molecule has 1 aromatic carbocycles. The molecule has 2 nitrogen and oxygen atoms in total. The van der Waals surface area contributed by atoms with Crippen molar-refractivity contribution in [3.8, 4) is 11.3 Å². The van der Waals surface area contributed by atoms with Crippen LogP contribution >= 0.6 is 23.2 Å². The van der Waals surface area contributed by atoms with E-state index in [9.17, 15) is 13.2 Å². The number of halogens is 5. The molecular weight excluding hydrogens is 288 g/mol. The minimum atomic E-state index is -4.57. The Labute approximate surface area is 110 Å². The lowest BCUT2D eigenvalue weighted by Gasteiger charge is -2.08. The molecule has 0 radical (unpaired) electrons. The summed E-state index contributed by atoms with van der Waals surface area (Å²) >= 11 is 11.3. The summed E-state index contributed by atoms with van der Waals surface area (Å²) in [5.41, 5.74) is -0.570. The summed E-state index contributed by atoms with van der Waals surface area (Å²) in [5, 5.41) is -0.0596. The zero-order valence-corrected chi connectivity index (χ0v) is 10.2. The van der Waals surface area contributed by atoms with Crippen LogP contribution in [-0.2, 0) is 6.18 Å². The summed E-state index contributed by atoms with van der Waals surface area (Å²) < 4.78 is 37.7. The minimum Gasteiger partial charge on any atom is -0.218 e. The van der Waals surface area contributed by atoms with Gasteiger partial charge in [0, 0.05) is 10.6 Å². The fourth-order valence-corrected chi connectivity index (χ4v) is 1.73. The number of rotatable bonds is 1. The van der Waals surface area contributed by atoms with Crippen molar-refractivity contribution < 1.29 is 13.2 Å². The summed E-state index contributed by atoms with van der Waals surface area (Å²) in [7, 11) is 0. The van der Waals surface area contributed by atoms with E-state index in [1.54, 1.807) is 18.2 Å². The van der Waals surface area contributed by atoms with Crippen molar-refractivity contribution in [3.63, 3.8) is 0 Å². The summed E-state index contributed by atoms with van der Waals surface area (Å²) in [6.45, 7) is 0. The van der Waals surface area contributed by atoms with E-state index in [0.717, 1.165) is 6.07 Å². The monoisotopic (exact) mass is 292 g/mol. The first-order chi connectivity index (χ1) is 8.36. The molecule has 7 heteroatoms. The molecular formula is C11H5Cl2F3N2. The predicted octanol–water partition coefficient (Wildman–Crippen LogP) is 4.47. The molecule has 0 aliphatic heterocycles. The van der Waals surface area contributed by atoms with Crippen LogP contribution in [0, 0.1) is 0 Å². The standard InChI is InChI=1S/C11H5Cl2F3N2/c12-7-3-1-2-6(4-7)8-5-9(11(14,15)16)18-10(13)17-8/h1-5H. The molecule has 1 aromatic heterocycles. The summed E-state index contributed by atoms with van der Waals surface area (Å²) in [6, 6.07) is 7.14. The third-order valence-corrected chi connectivity index (χ3v) is 2.51. The third-order valence-electron chi connectivity index (χ3n) is 2.11. The van der Waals surface area contributed by atoms with Gasteiger partial charge in [-0.15, -0.1) is 0 Å². The highest BCUT2D eigenvalue weighted by atomic mass is 35.5. The lowest BCUT2D eigenvalue weighted by atomic mass is 10.1. The summed E-state index contributed by atoms with van der Waals surface area (Å²) in [5.74, 6) is 0. The highest BCUT2D eigenvalue weighted by Crippen LogP contribution is 2.31. The van der Waals surface area contributed by atoms with Gasteiger partial charge in [0.15, 0.2) is 0 Å². The maximum Gasteiger partial charge on any atom is 0.433 e. The van der Waals surface area contributed by atoms with Gasteiger partial charge in [-0.2, -0.15) is 13.2 Å². The molecule has 0 N–H and O–H groups in total. The molecule has 0 fully saturated rings. The van der Waals surface area contributed by atoms with Gasteiger partial charge < -0.3 is 0 Å². The zero-order valence-electron chi connectivity index (χ0n) is 8.67. The van der Waals surface area contributed by atoms with Gasteiger partial charge >= 0.3 is 6.18 Å². The van der Waals surface area contributed by atoms with E-state index in [-0.39, 0.29) is 5.69 Å². The molecule has 0 amide bonds. The molecule has 0 atom stereocenters. The van der Waals surface area contributed by atoms with Crippen molar-refractivity contribution in [2.75, 3.05) is 0 Å². The first-order valence-corrected chi connectivity index (χ1v) is 5.49. The molecule has 0 bridgehead atoms. The van der Waals surface area contributed by atoms with Crippen molar-refractivity contribution in [1.29, 1.82) is 0 Å². The topological polar surface area (TPSA) is 25.8 Å². The van der Waals surface area contributed by atoms with Crippen molar-refractivity contribution in [1.82, 2.24) is 9.97 Å². The maximum atomic E-state index is 12.6. The van der Waals surface area contributed by atoms with Crippen LogP contribution in [0.1, 0.15) is 5.69 Å². The second kappa shape index (κ2) is 4.74. The Hall–Kier alpha value is -1.33. The smallest absolute Gasteiger partial charge is 0.218 e. The van der Waals surface area contributed by atoms with E-state index < -0.39 is 17.2 Å². The molecule has 0 saturated carbocycles. The Bertz CT molecular complexity index is 585. The zero-order chi connectivity index (χ0) is 13.3. The Morgan fingerprint density at radius 2 is 1.72 bits per heavy atom. The third kappa shape index (κ3) is 2.91. The van der Waals surface area contributed by atoms with Gasteiger partial charge in [0.2, 0.25) is 5.28 Å². The van der Waals surface area contributed by atoms with E-state index in [1.165, 1.54) is 6.07 Å². The molecule has 2 rings (SSSR count). The number of alkyl halides is 3. The Morgan fingerprint density at radius 3 is 2.33 bits per heavy atom. The number of aromatic nitrogens is 2. The number of hydrogen-bond donors (Lipinski definition) is 0. The molecule has 0 aliphatic carbocycles. The second-order valence-corrected chi connectivity index (χ2v) is 4.19. The van der Waals surface area contributed by atoms with Crippen LogP contribution in [0.25, 0.3) is 11.3 Å². The number of hydrogen-bond acceptors (Lipinski definition) is 2. The van der Waals surface area contributed by atoms with E-state index in [1.807, 2.05) is 0 Å². The average molecular weight is 293 g/mol. The molecule has 0 unspecified atom stereocenters. The number of benzene rings is 1. The van der Waals surface area contributed by atoms with Crippen LogP contribution in [0.4, 0.5) is 13.2 Å². The van der Waals surface area contributed by atoms with Gasteiger partial charge in [0.1, 0.15) is 5.69 Å². The van der Waals surface area contributed by atoms with Gasteiger partial charge in [0.05, 0.1) is 5.69 Å². The van der Waals surface area contributed by atoms with Crippen LogP contribution in [0.15, 0.2) is 30.3 Å². The van der Waals surface area contributed by atoms with Gasteiger partial charge in [0.25, 0.3) is 0 Å². The van der Waals surface area contributed by atoms with Crippen molar-refractivity contribution in [2.24, 2.45) is 0 Å². The Balaban J connectivity index is 2.55. The molecule has 94 valence electrons. The quantitative estimate of drug-likeness (QED) is 0.725. The SMILES string of the molecule is FC(F)(F)c1cc(-c2cccc(Cl)c2)nc(Cl)n1. The van der Waals surface area contributed by atoms with Crippen LogP contribution in [0.5, 0.6) is 0 Å². The van der Waals surface area contributed by atoms with Crippen molar-refractivity contribution in [2.45, 2.75) is 6.18 Å². The number of nitrogens with zero attached hydrogens (tertiary/aromatic N) is 2. The largest absolute Gasteiger partial charge is 0.433 e. The van der Waals surface area contributed by atoms with Crippen molar-refractivity contribution >= 4 is 23.2 Å². The lowest BCUT2D eigenvalue weighted by Crippen LogP contribution is -2.09. The summed E-state index contributed by atoms with van der Waals surface area (Å²) in [4.78, 5) is 6.90. The lowest BCUT2D eigenvalue weighted by molar-refractivity contribution is -0.141. The Kier molecular flexibility index (Phi) is 3.45. The minimum absolute atomic E-state index is 0.0739. The second-order valence-electron chi connectivity index (χ2n) is 3.42. The van der Waals surface area contributed by atoms with Gasteiger partial charge in [-0.3, -0.25) is 0 Å². The van der Waals surface area contributed by atoms with E-state index in [4.69, 9.17) is 23.2 Å². The van der Waals surface area contributed by atoms with E-state index >= 15 is 0 Å². The first-order valence-electron chi connectivity index (χ1n) is 4.74. The van der Waals surface area contributed by atoms with Gasteiger partial charge in [-0.05, 0) is 29.8 Å². The molecule has 2 aromatic rings. The predicted molar refractivity (Wildman–Crippen MR) is 62.5 cm³/mol. The van der Waals surface area contributed by atoms with Gasteiger partial charge in [-0.1, -0.05) is 23.7 Å². The molecule has 0 saturated heterocycles. The van der Waals surface area contributed by atoms with E-state index in [2.05, 4.69) is 9.97 Å². The van der Waals surface area contributed by atoms with Crippen LogP contribution in [-0.4, -0.2) is 9.97 Å². The fraction of sp³-hybridized carbons (Fsp3) is 0.0909. The van der Waals surface area contributed by atoms with E-state index in [0.29, 0.717) is 10.6 Å². The molecule has 0 aliphatic rings. The summed E-state index contributed by atoms with van der Waals surface area (Å²) in [6.07, 6.45) is -4.57. The van der Waals surface area contributed by atoms with Crippen LogP contribution in [0.3, 0.4) is 0 Å².